The average Bonchev–Trinajstić information content (AvgIpc) is 2.54. The van der Waals surface area contributed by atoms with Crippen LogP contribution in [0.2, 0.25) is 0 Å². The van der Waals surface area contributed by atoms with Crippen molar-refractivity contribution in [3.05, 3.63) is 12.7 Å². The number of hydrogen-bond acceptors (Lipinski definition) is 2. The van der Waals surface area contributed by atoms with Crippen LogP contribution in [0.4, 0.5) is 0 Å². The van der Waals surface area contributed by atoms with Gasteiger partial charge in [0.15, 0.2) is 0 Å². The SMILES string of the molecule is C=CCNCC(C)N1CCCC(C(C)(C)C)CC1. The third-order valence-electron chi connectivity index (χ3n) is 4.34. The van der Waals surface area contributed by atoms with Gasteiger partial charge in [0.05, 0.1) is 0 Å². The molecule has 0 amide bonds. The second kappa shape index (κ2) is 7.30. The van der Waals surface area contributed by atoms with Gasteiger partial charge in [-0.3, -0.25) is 4.90 Å². The van der Waals surface area contributed by atoms with Crippen LogP contribution in [0.1, 0.15) is 47.0 Å². The van der Waals surface area contributed by atoms with E-state index in [9.17, 15) is 0 Å². The largest absolute Gasteiger partial charge is 0.312 e. The fraction of sp³-hybridized carbons (Fsp3) is 0.875. The van der Waals surface area contributed by atoms with Gasteiger partial charge >= 0.3 is 0 Å². The van der Waals surface area contributed by atoms with Crippen molar-refractivity contribution < 1.29 is 0 Å². The smallest absolute Gasteiger partial charge is 0.0192 e. The first-order valence-corrected chi connectivity index (χ1v) is 7.51. The van der Waals surface area contributed by atoms with E-state index in [0.29, 0.717) is 11.5 Å². The molecule has 106 valence electrons. The molecule has 0 radical (unpaired) electrons. The molecule has 2 unspecified atom stereocenters. The van der Waals surface area contributed by atoms with Crippen LogP contribution in [-0.2, 0) is 0 Å². The van der Waals surface area contributed by atoms with Gasteiger partial charge in [-0.15, -0.1) is 6.58 Å². The van der Waals surface area contributed by atoms with Gasteiger partial charge in [-0.2, -0.15) is 0 Å². The molecular weight excluding hydrogens is 220 g/mol. The molecule has 0 aromatic carbocycles. The summed E-state index contributed by atoms with van der Waals surface area (Å²) in [6, 6.07) is 0.642. The lowest BCUT2D eigenvalue weighted by Gasteiger charge is -2.31. The molecule has 1 aliphatic rings. The molecule has 0 aliphatic carbocycles. The van der Waals surface area contributed by atoms with Crippen LogP contribution in [0.25, 0.3) is 0 Å². The van der Waals surface area contributed by atoms with Gasteiger partial charge < -0.3 is 5.32 Å². The number of likely N-dealkylation sites (tertiary alicyclic amines) is 1. The van der Waals surface area contributed by atoms with Gasteiger partial charge in [0, 0.05) is 19.1 Å². The van der Waals surface area contributed by atoms with Gasteiger partial charge in [0.25, 0.3) is 0 Å². The summed E-state index contributed by atoms with van der Waals surface area (Å²) < 4.78 is 0. The normalized spacial score (nSPS) is 24.6. The lowest BCUT2D eigenvalue weighted by Crippen LogP contribution is -2.41. The molecule has 0 spiro atoms. The second-order valence-corrected chi connectivity index (χ2v) is 6.83. The highest BCUT2D eigenvalue weighted by molar-refractivity contribution is 4.81. The van der Waals surface area contributed by atoms with Crippen molar-refractivity contribution in [2.45, 2.75) is 53.0 Å². The summed E-state index contributed by atoms with van der Waals surface area (Å²) in [4.78, 5) is 2.65. The van der Waals surface area contributed by atoms with Crippen molar-refractivity contribution in [2.75, 3.05) is 26.2 Å². The minimum Gasteiger partial charge on any atom is -0.312 e. The third kappa shape index (κ3) is 5.11. The molecule has 1 N–H and O–H groups in total. The summed E-state index contributed by atoms with van der Waals surface area (Å²) in [7, 11) is 0. The topological polar surface area (TPSA) is 15.3 Å². The van der Waals surface area contributed by atoms with Crippen LogP contribution >= 0.6 is 0 Å². The zero-order chi connectivity index (χ0) is 13.6. The van der Waals surface area contributed by atoms with E-state index in [2.05, 4.69) is 44.5 Å². The van der Waals surface area contributed by atoms with E-state index >= 15 is 0 Å². The van der Waals surface area contributed by atoms with E-state index in [4.69, 9.17) is 0 Å². The summed E-state index contributed by atoms with van der Waals surface area (Å²) in [5.41, 5.74) is 0.473. The first-order valence-electron chi connectivity index (χ1n) is 7.51. The number of hydrogen-bond donors (Lipinski definition) is 1. The molecule has 0 saturated carbocycles. The molecule has 2 heteroatoms. The molecule has 1 fully saturated rings. The molecule has 1 saturated heterocycles. The van der Waals surface area contributed by atoms with Crippen molar-refractivity contribution >= 4 is 0 Å². The molecule has 0 aromatic rings. The quantitative estimate of drug-likeness (QED) is 0.596. The van der Waals surface area contributed by atoms with Crippen LogP contribution in [0.15, 0.2) is 12.7 Å². The summed E-state index contributed by atoms with van der Waals surface area (Å²) in [5.74, 6) is 0.885. The van der Waals surface area contributed by atoms with E-state index in [1.807, 2.05) is 6.08 Å². The van der Waals surface area contributed by atoms with Crippen molar-refractivity contribution in [1.82, 2.24) is 10.2 Å². The first kappa shape index (κ1) is 15.7. The molecule has 1 heterocycles. The fourth-order valence-corrected chi connectivity index (χ4v) is 2.95. The van der Waals surface area contributed by atoms with E-state index in [-0.39, 0.29) is 0 Å². The summed E-state index contributed by atoms with van der Waals surface area (Å²) in [6.45, 7) is 17.8. The van der Waals surface area contributed by atoms with E-state index in [0.717, 1.165) is 19.0 Å². The van der Waals surface area contributed by atoms with Crippen molar-refractivity contribution in [1.29, 1.82) is 0 Å². The predicted octanol–water partition coefficient (Wildman–Crippen LogP) is 3.30. The Balaban J connectivity index is 2.39. The van der Waals surface area contributed by atoms with Crippen LogP contribution in [0.3, 0.4) is 0 Å². The minimum absolute atomic E-state index is 0.473. The Labute approximate surface area is 114 Å². The zero-order valence-corrected chi connectivity index (χ0v) is 12.8. The Morgan fingerprint density at radius 1 is 1.33 bits per heavy atom. The van der Waals surface area contributed by atoms with Crippen molar-refractivity contribution in [3.8, 4) is 0 Å². The Bertz CT molecular complexity index is 242. The summed E-state index contributed by atoms with van der Waals surface area (Å²) in [5, 5.41) is 3.43. The Morgan fingerprint density at radius 2 is 2.06 bits per heavy atom. The van der Waals surface area contributed by atoms with E-state index < -0.39 is 0 Å². The maximum absolute atomic E-state index is 3.75. The van der Waals surface area contributed by atoms with Crippen molar-refractivity contribution in [2.24, 2.45) is 11.3 Å². The van der Waals surface area contributed by atoms with Gasteiger partial charge in [-0.25, -0.2) is 0 Å². The lowest BCUT2D eigenvalue weighted by atomic mass is 9.77. The van der Waals surface area contributed by atoms with E-state index in [1.54, 1.807) is 0 Å². The molecule has 2 atom stereocenters. The molecular formula is C16H32N2. The highest BCUT2D eigenvalue weighted by Gasteiger charge is 2.28. The molecule has 18 heavy (non-hydrogen) atoms. The maximum atomic E-state index is 3.75. The summed E-state index contributed by atoms with van der Waals surface area (Å²) in [6.07, 6.45) is 6.04. The molecule has 0 bridgehead atoms. The van der Waals surface area contributed by atoms with Crippen LogP contribution < -0.4 is 5.32 Å². The Morgan fingerprint density at radius 3 is 2.67 bits per heavy atom. The monoisotopic (exact) mass is 252 g/mol. The lowest BCUT2D eigenvalue weighted by molar-refractivity contribution is 0.187. The van der Waals surface area contributed by atoms with Gasteiger partial charge in [-0.1, -0.05) is 26.8 Å². The van der Waals surface area contributed by atoms with Gasteiger partial charge in [0.1, 0.15) is 0 Å². The van der Waals surface area contributed by atoms with Crippen molar-refractivity contribution in [3.63, 3.8) is 0 Å². The molecule has 0 aromatic heterocycles. The first-order chi connectivity index (χ1) is 8.45. The Kier molecular flexibility index (Phi) is 6.37. The highest BCUT2D eigenvalue weighted by Crippen LogP contribution is 2.34. The number of rotatable bonds is 5. The van der Waals surface area contributed by atoms with E-state index in [1.165, 1.54) is 32.4 Å². The number of nitrogens with one attached hydrogen (secondary N) is 1. The molecule has 1 aliphatic heterocycles. The molecule has 1 rings (SSSR count). The maximum Gasteiger partial charge on any atom is 0.0192 e. The minimum atomic E-state index is 0.473. The van der Waals surface area contributed by atoms with Gasteiger partial charge in [0.2, 0.25) is 0 Å². The predicted molar refractivity (Wildman–Crippen MR) is 80.9 cm³/mol. The third-order valence-corrected chi connectivity index (χ3v) is 4.34. The average molecular weight is 252 g/mol. The number of nitrogens with zero attached hydrogens (tertiary/aromatic N) is 1. The van der Waals surface area contributed by atoms with Crippen LogP contribution in [-0.4, -0.2) is 37.1 Å². The summed E-state index contributed by atoms with van der Waals surface area (Å²) >= 11 is 0. The zero-order valence-electron chi connectivity index (χ0n) is 12.8. The van der Waals surface area contributed by atoms with Gasteiger partial charge in [-0.05, 0) is 50.6 Å². The highest BCUT2D eigenvalue weighted by atomic mass is 15.2. The Hall–Kier alpha value is -0.340. The second-order valence-electron chi connectivity index (χ2n) is 6.83. The van der Waals surface area contributed by atoms with Crippen LogP contribution in [0.5, 0.6) is 0 Å². The molecule has 2 nitrogen and oxygen atoms in total. The van der Waals surface area contributed by atoms with Crippen LogP contribution in [0, 0.1) is 11.3 Å². The fourth-order valence-electron chi connectivity index (χ4n) is 2.95. The standard InChI is InChI=1S/C16H32N2/c1-6-10-17-13-14(2)18-11-7-8-15(9-12-18)16(3,4)5/h6,14-15,17H,1,7-13H2,2-5H3.